The van der Waals surface area contributed by atoms with Gasteiger partial charge in [0.15, 0.2) is 0 Å². The molecule has 1 saturated heterocycles. The topological polar surface area (TPSA) is 87.7 Å². The molecule has 3 aromatic carbocycles. The lowest BCUT2D eigenvalue weighted by atomic mass is 9.83. The molecule has 1 aliphatic heterocycles. The molecule has 0 aromatic heterocycles. The van der Waals surface area contributed by atoms with Gasteiger partial charge < -0.3 is 20.5 Å². The van der Waals surface area contributed by atoms with Gasteiger partial charge in [-0.25, -0.2) is 4.39 Å². The molecule has 1 amide bonds. The number of anilines is 2. The third kappa shape index (κ3) is 7.42. The first kappa shape index (κ1) is 27.3. The Hall–Kier alpha value is -3.71. The Morgan fingerprint density at radius 1 is 0.921 bits per heavy atom. The fourth-order valence-electron chi connectivity index (χ4n) is 5.08. The molecule has 7 heteroatoms. The molecule has 0 unspecified atom stereocenters. The number of carboxylic acids is 1. The van der Waals surface area contributed by atoms with Crippen molar-refractivity contribution in [2.75, 3.05) is 18.5 Å². The average molecular weight is 519 g/mol. The Morgan fingerprint density at radius 3 is 2.26 bits per heavy atom. The summed E-state index contributed by atoms with van der Waals surface area (Å²) < 4.78 is 19.0. The molecule has 0 radical (unpaired) electrons. The van der Waals surface area contributed by atoms with Crippen molar-refractivity contribution in [3.05, 3.63) is 94.3 Å². The summed E-state index contributed by atoms with van der Waals surface area (Å²) in [4.78, 5) is 25.1. The van der Waals surface area contributed by atoms with E-state index in [0.29, 0.717) is 50.0 Å². The van der Waals surface area contributed by atoms with Gasteiger partial charge in [-0.1, -0.05) is 24.3 Å². The van der Waals surface area contributed by atoms with Crippen LogP contribution in [0.1, 0.15) is 58.3 Å². The second-order valence-electron chi connectivity index (χ2n) is 10.2. The normalized spacial score (nSPS) is 14.6. The van der Waals surface area contributed by atoms with Crippen LogP contribution in [0.25, 0.3) is 0 Å². The number of hydrogen-bond donors (Lipinski definition) is 3. The predicted octanol–water partition coefficient (Wildman–Crippen LogP) is 6.12. The molecule has 1 heterocycles. The quantitative estimate of drug-likeness (QED) is 0.301. The molecule has 0 atom stereocenters. The van der Waals surface area contributed by atoms with Crippen LogP contribution in [0.15, 0.2) is 60.7 Å². The third-order valence-corrected chi connectivity index (χ3v) is 7.11. The fraction of sp³-hybridized carbons (Fsp3) is 0.355. The smallest absolute Gasteiger partial charge is 0.303 e. The zero-order valence-corrected chi connectivity index (χ0v) is 22.0. The van der Waals surface area contributed by atoms with Crippen molar-refractivity contribution in [3.8, 4) is 0 Å². The number of benzene rings is 3. The van der Waals surface area contributed by atoms with Crippen LogP contribution in [-0.2, 0) is 22.4 Å². The summed E-state index contributed by atoms with van der Waals surface area (Å²) >= 11 is 0. The molecule has 6 nitrogen and oxygen atoms in total. The zero-order valence-electron chi connectivity index (χ0n) is 22.0. The first-order chi connectivity index (χ1) is 18.2. The monoisotopic (exact) mass is 518 g/mol. The third-order valence-electron chi connectivity index (χ3n) is 7.11. The first-order valence-corrected chi connectivity index (χ1v) is 13.1. The van der Waals surface area contributed by atoms with Gasteiger partial charge in [-0.3, -0.25) is 9.59 Å². The van der Waals surface area contributed by atoms with Crippen molar-refractivity contribution < 1.29 is 23.8 Å². The minimum atomic E-state index is -0.908. The van der Waals surface area contributed by atoms with Gasteiger partial charge in [0, 0.05) is 42.1 Å². The molecule has 0 aliphatic carbocycles. The Bertz CT molecular complexity index is 1260. The molecule has 3 aromatic rings. The van der Waals surface area contributed by atoms with Crippen LogP contribution in [-0.4, -0.2) is 35.7 Å². The SMILES string of the molecule is Cc1cc(C)cc(Nc2ccc(CCC(=O)O)c(C(=O)NC3(CCc4ccc(F)cc4)CCOCC3)c2)c1. The number of aryl methyl sites for hydroxylation is 4. The highest BCUT2D eigenvalue weighted by Gasteiger charge is 2.34. The number of halogens is 1. The number of ether oxygens (including phenoxy) is 1. The van der Waals surface area contributed by atoms with Gasteiger partial charge in [0.1, 0.15) is 5.82 Å². The number of carbonyl (C=O) groups is 2. The molecule has 0 bridgehead atoms. The number of rotatable bonds is 10. The second kappa shape index (κ2) is 12.2. The fourth-order valence-corrected chi connectivity index (χ4v) is 5.08. The van der Waals surface area contributed by atoms with E-state index in [4.69, 9.17) is 4.74 Å². The van der Waals surface area contributed by atoms with E-state index in [1.165, 1.54) is 12.1 Å². The summed E-state index contributed by atoms with van der Waals surface area (Å²) in [6.45, 7) is 5.16. The molecule has 4 rings (SSSR count). The Labute approximate surface area is 223 Å². The molecule has 1 fully saturated rings. The van der Waals surface area contributed by atoms with E-state index in [-0.39, 0.29) is 24.6 Å². The van der Waals surface area contributed by atoms with Gasteiger partial charge in [-0.05, 0) is 105 Å². The maximum Gasteiger partial charge on any atom is 0.303 e. The van der Waals surface area contributed by atoms with Crippen molar-refractivity contribution in [1.29, 1.82) is 0 Å². The van der Waals surface area contributed by atoms with E-state index >= 15 is 0 Å². The second-order valence-corrected chi connectivity index (χ2v) is 10.2. The number of nitrogens with one attached hydrogen (secondary N) is 2. The highest BCUT2D eigenvalue weighted by molar-refractivity contribution is 5.97. The van der Waals surface area contributed by atoms with Crippen molar-refractivity contribution in [3.63, 3.8) is 0 Å². The highest BCUT2D eigenvalue weighted by Crippen LogP contribution is 2.29. The molecular formula is C31H35FN2O4. The first-order valence-electron chi connectivity index (χ1n) is 13.1. The van der Waals surface area contributed by atoms with Crippen LogP contribution in [0.4, 0.5) is 15.8 Å². The minimum absolute atomic E-state index is 0.0618. The van der Waals surface area contributed by atoms with E-state index in [0.717, 1.165) is 28.1 Å². The van der Waals surface area contributed by atoms with Crippen molar-refractivity contribution >= 4 is 23.3 Å². The van der Waals surface area contributed by atoms with Crippen LogP contribution in [0, 0.1) is 19.7 Å². The van der Waals surface area contributed by atoms with Gasteiger partial charge in [0.2, 0.25) is 0 Å². The number of carboxylic acid groups (broad SMARTS) is 1. The van der Waals surface area contributed by atoms with Crippen LogP contribution in [0.2, 0.25) is 0 Å². The standard InChI is InChI=1S/C31H35FN2O4/c1-21-17-22(2)19-27(18-21)33-26-9-5-24(6-10-29(35)36)28(20-26)30(37)34-31(13-15-38-16-14-31)12-11-23-3-7-25(32)8-4-23/h3-5,7-9,17-20,33H,6,10-16H2,1-2H3,(H,34,37)(H,35,36). The lowest BCUT2D eigenvalue weighted by molar-refractivity contribution is -0.136. The van der Waals surface area contributed by atoms with E-state index in [9.17, 15) is 19.1 Å². The molecule has 1 aliphatic rings. The van der Waals surface area contributed by atoms with Gasteiger partial charge in [-0.2, -0.15) is 0 Å². The number of hydrogen-bond acceptors (Lipinski definition) is 4. The maximum absolute atomic E-state index is 13.8. The molecule has 0 spiro atoms. The van der Waals surface area contributed by atoms with Crippen LogP contribution in [0.5, 0.6) is 0 Å². The zero-order chi connectivity index (χ0) is 27.1. The minimum Gasteiger partial charge on any atom is -0.481 e. The van der Waals surface area contributed by atoms with Gasteiger partial charge in [0.25, 0.3) is 5.91 Å². The van der Waals surface area contributed by atoms with E-state index in [1.54, 1.807) is 18.2 Å². The van der Waals surface area contributed by atoms with Crippen molar-refractivity contribution in [2.24, 2.45) is 0 Å². The summed E-state index contributed by atoms with van der Waals surface area (Å²) in [5.74, 6) is -1.41. The largest absolute Gasteiger partial charge is 0.481 e. The average Bonchev–Trinajstić information content (AvgIpc) is 2.87. The van der Waals surface area contributed by atoms with Gasteiger partial charge in [-0.15, -0.1) is 0 Å². The van der Waals surface area contributed by atoms with Crippen molar-refractivity contribution in [1.82, 2.24) is 5.32 Å². The lowest BCUT2D eigenvalue weighted by Gasteiger charge is -2.38. The number of aliphatic carboxylic acids is 1. The number of amides is 1. The maximum atomic E-state index is 13.8. The van der Waals surface area contributed by atoms with Gasteiger partial charge in [0.05, 0.1) is 0 Å². The Kier molecular flexibility index (Phi) is 8.79. The van der Waals surface area contributed by atoms with Crippen LogP contribution >= 0.6 is 0 Å². The Balaban J connectivity index is 1.58. The summed E-state index contributed by atoms with van der Waals surface area (Å²) in [6.07, 6.45) is 2.93. The summed E-state index contributed by atoms with van der Waals surface area (Å²) in [5.41, 5.74) is 5.64. The van der Waals surface area contributed by atoms with Crippen LogP contribution < -0.4 is 10.6 Å². The molecule has 38 heavy (non-hydrogen) atoms. The molecule has 200 valence electrons. The predicted molar refractivity (Wildman–Crippen MR) is 147 cm³/mol. The summed E-state index contributed by atoms with van der Waals surface area (Å²) in [5, 5.41) is 15.9. The lowest BCUT2D eigenvalue weighted by Crippen LogP contribution is -2.52. The highest BCUT2D eigenvalue weighted by atomic mass is 19.1. The molecule has 0 saturated carbocycles. The van der Waals surface area contributed by atoms with Gasteiger partial charge >= 0.3 is 5.97 Å². The summed E-state index contributed by atoms with van der Waals surface area (Å²) in [6, 6.07) is 18.1. The van der Waals surface area contributed by atoms with E-state index < -0.39 is 11.5 Å². The Morgan fingerprint density at radius 2 is 1.61 bits per heavy atom. The molecule has 3 N–H and O–H groups in total. The molecular weight excluding hydrogens is 483 g/mol. The van der Waals surface area contributed by atoms with Crippen LogP contribution in [0.3, 0.4) is 0 Å². The van der Waals surface area contributed by atoms with E-state index in [2.05, 4.69) is 16.7 Å². The number of carbonyl (C=O) groups excluding carboxylic acids is 1. The van der Waals surface area contributed by atoms with E-state index in [1.807, 2.05) is 38.1 Å². The van der Waals surface area contributed by atoms with Crippen molar-refractivity contribution in [2.45, 2.75) is 57.9 Å². The summed E-state index contributed by atoms with van der Waals surface area (Å²) in [7, 11) is 0.